The highest BCUT2D eigenvalue weighted by Gasteiger charge is 2.36. The zero-order valence-electron chi connectivity index (χ0n) is 14.5. The number of nitrogens with zero attached hydrogens (tertiary/aromatic N) is 1. The number of hydrogen-bond donors (Lipinski definition) is 2. The van der Waals surface area contributed by atoms with Crippen LogP contribution in [0.25, 0.3) is 6.08 Å². The Bertz CT molecular complexity index is 1020. The first-order valence-electron chi connectivity index (χ1n) is 8.04. The Hall–Kier alpha value is -2.29. The van der Waals surface area contributed by atoms with Crippen LogP contribution < -0.4 is 5.32 Å². The second-order valence-corrected chi connectivity index (χ2v) is 8.27. The zero-order valence-corrected chi connectivity index (χ0v) is 17.7. The van der Waals surface area contributed by atoms with Crippen LogP contribution in [0.2, 0.25) is 5.02 Å². The molecule has 0 spiro atoms. The second-order valence-electron chi connectivity index (χ2n) is 5.99. The SMILES string of the molecule is Cc1ccc(Cl)cc1NC(=O)CN1C(=O)S/C(=C/c2ccc(O)c(Br)c2)C1=O. The standard InChI is InChI=1S/C19H14BrClN2O4S/c1-10-2-4-12(21)8-14(10)22-17(25)9-23-18(26)16(28-19(23)27)7-11-3-5-15(24)13(20)6-11/h2-8,24H,9H2,1H3,(H,22,25)/b16-7+. The lowest BCUT2D eigenvalue weighted by molar-refractivity contribution is -0.127. The number of rotatable bonds is 4. The van der Waals surface area contributed by atoms with Crippen molar-refractivity contribution in [3.63, 3.8) is 0 Å². The van der Waals surface area contributed by atoms with Gasteiger partial charge in [-0.05, 0) is 76.1 Å². The van der Waals surface area contributed by atoms with Gasteiger partial charge in [-0.25, -0.2) is 0 Å². The van der Waals surface area contributed by atoms with Crippen LogP contribution in [0.1, 0.15) is 11.1 Å². The molecule has 0 aliphatic carbocycles. The molecule has 1 aliphatic rings. The van der Waals surface area contributed by atoms with Gasteiger partial charge in [0.1, 0.15) is 12.3 Å². The maximum absolute atomic E-state index is 12.5. The summed E-state index contributed by atoms with van der Waals surface area (Å²) in [6.07, 6.45) is 1.54. The number of aromatic hydroxyl groups is 1. The first-order valence-corrected chi connectivity index (χ1v) is 10.0. The number of imide groups is 1. The molecule has 0 radical (unpaired) electrons. The van der Waals surface area contributed by atoms with E-state index in [2.05, 4.69) is 21.2 Å². The highest BCUT2D eigenvalue weighted by molar-refractivity contribution is 9.10. The quantitative estimate of drug-likeness (QED) is 0.613. The van der Waals surface area contributed by atoms with Crippen molar-refractivity contribution in [2.75, 3.05) is 11.9 Å². The summed E-state index contributed by atoms with van der Waals surface area (Å²) < 4.78 is 0.469. The Morgan fingerprint density at radius 2 is 2.04 bits per heavy atom. The van der Waals surface area contributed by atoms with Crippen molar-refractivity contribution in [2.45, 2.75) is 6.92 Å². The number of carbonyl (C=O) groups is 3. The normalized spacial score (nSPS) is 15.4. The van der Waals surface area contributed by atoms with E-state index < -0.39 is 23.6 Å². The number of phenols is 1. The van der Waals surface area contributed by atoms with Gasteiger partial charge in [0.15, 0.2) is 0 Å². The van der Waals surface area contributed by atoms with Crippen molar-refractivity contribution in [2.24, 2.45) is 0 Å². The van der Waals surface area contributed by atoms with E-state index >= 15 is 0 Å². The van der Waals surface area contributed by atoms with E-state index in [0.717, 1.165) is 22.2 Å². The molecule has 0 bridgehead atoms. The van der Waals surface area contributed by atoms with Crippen LogP contribution in [0, 0.1) is 6.92 Å². The fourth-order valence-corrected chi connectivity index (χ4v) is 3.87. The van der Waals surface area contributed by atoms with Gasteiger partial charge in [-0.15, -0.1) is 0 Å². The van der Waals surface area contributed by atoms with Gasteiger partial charge in [-0.2, -0.15) is 0 Å². The van der Waals surface area contributed by atoms with E-state index in [1.807, 2.05) is 6.92 Å². The number of benzene rings is 2. The van der Waals surface area contributed by atoms with Gasteiger partial charge in [-0.1, -0.05) is 23.7 Å². The minimum absolute atomic E-state index is 0.0678. The largest absolute Gasteiger partial charge is 0.507 e. The van der Waals surface area contributed by atoms with Crippen molar-refractivity contribution in [3.05, 3.63) is 61.9 Å². The summed E-state index contributed by atoms with van der Waals surface area (Å²) in [6.45, 7) is 1.41. The molecule has 2 aromatic rings. The molecule has 1 heterocycles. The average molecular weight is 482 g/mol. The third kappa shape index (κ3) is 4.57. The fraction of sp³-hybridized carbons (Fsp3) is 0.105. The fourth-order valence-electron chi connectivity index (χ4n) is 2.46. The smallest absolute Gasteiger partial charge is 0.294 e. The molecule has 0 unspecified atom stereocenters. The van der Waals surface area contributed by atoms with Gasteiger partial charge in [0.2, 0.25) is 5.91 Å². The third-order valence-corrected chi connectivity index (χ3v) is 5.70. The number of amides is 3. The van der Waals surface area contributed by atoms with Crippen molar-refractivity contribution >= 4 is 68.1 Å². The Labute approximate surface area is 178 Å². The maximum Gasteiger partial charge on any atom is 0.294 e. The van der Waals surface area contributed by atoms with E-state index in [9.17, 15) is 19.5 Å². The molecule has 28 heavy (non-hydrogen) atoms. The second kappa shape index (κ2) is 8.38. The predicted molar refractivity (Wildman–Crippen MR) is 113 cm³/mol. The van der Waals surface area contributed by atoms with Crippen LogP contribution in [0.15, 0.2) is 45.8 Å². The molecule has 6 nitrogen and oxygen atoms in total. The molecule has 9 heteroatoms. The van der Waals surface area contributed by atoms with Crippen LogP contribution in [-0.2, 0) is 9.59 Å². The van der Waals surface area contributed by atoms with Crippen LogP contribution in [0.3, 0.4) is 0 Å². The summed E-state index contributed by atoms with van der Waals surface area (Å²) in [5.74, 6) is -0.975. The monoisotopic (exact) mass is 480 g/mol. The number of nitrogens with one attached hydrogen (secondary N) is 1. The van der Waals surface area contributed by atoms with Gasteiger partial charge in [-0.3, -0.25) is 19.3 Å². The highest BCUT2D eigenvalue weighted by Crippen LogP contribution is 2.33. The van der Waals surface area contributed by atoms with Crippen molar-refractivity contribution < 1.29 is 19.5 Å². The number of carbonyl (C=O) groups excluding carboxylic acids is 3. The Morgan fingerprint density at radius 3 is 2.75 bits per heavy atom. The summed E-state index contributed by atoms with van der Waals surface area (Å²) in [4.78, 5) is 38.1. The Morgan fingerprint density at radius 1 is 1.29 bits per heavy atom. The van der Waals surface area contributed by atoms with Crippen molar-refractivity contribution in [1.29, 1.82) is 0 Å². The van der Waals surface area contributed by atoms with E-state index in [-0.39, 0.29) is 10.7 Å². The number of hydrogen-bond acceptors (Lipinski definition) is 5. The zero-order chi connectivity index (χ0) is 20.4. The van der Waals surface area contributed by atoms with Crippen molar-refractivity contribution in [1.82, 2.24) is 4.90 Å². The van der Waals surface area contributed by atoms with Crippen LogP contribution in [-0.4, -0.2) is 33.6 Å². The van der Waals surface area contributed by atoms with E-state index in [4.69, 9.17) is 11.6 Å². The summed E-state index contributed by atoms with van der Waals surface area (Å²) >= 11 is 9.89. The molecule has 3 rings (SSSR count). The number of aryl methyl sites for hydroxylation is 1. The first-order chi connectivity index (χ1) is 13.2. The molecule has 1 aliphatic heterocycles. The number of phenolic OH excluding ortho intramolecular Hbond substituents is 1. The van der Waals surface area contributed by atoms with Gasteiger partial charge in [0.25, 0.3) is 11.1 Å². The van der Waals surface area contributed by atoms with Gasteiger partial charge in [0.05, 0.1) is 9.38 Å². The predicted octanol–water partition coefficient (Wildman–Crippen LogP) is 4.79. The topological polar surface area (TPSA) is 86.7 Å². The van der Waals surface area contributed by atoms with Gasteiger partial charge >= 0.3 is 0 Å². The van der Waals surface area contributed by atoms with Crippen LogP contribution in [0.5, 0.6) is 5.75 Å². The van der Waals surface area contributed by atoms with Crippen LogP contribution >= 0.6 is 39.3 Å². The lowest BCUT2D eigenvalue weighted by atomic mass is 10.2. The lowest BCUT2D eigenvalue weighted by Crippen LogP contribution is -2.36. The number of halogens is 2. The van der Waals surface area contributed by atoms with E-state index in [1.54, 1.807) is 30.3 Å². The molecule has 2 aromatic carbocycles. The number of thioether (sulfide) groups is 1. The van der Waals surface area contributed by atoms with Gasteiger partial charge < -0.3 is 10.4 Å². The minimum atomic E-state index is -0.544. The molecular formula is C19H14BrClN2O4S. The van der Waals surface area contributed by atoms with Crippen molar-refractivity contribution in [3.8, 4) is 5.75 Å². The lowest BCUT2D eigenvalue weighted by Gasteiger charge is -2.13. The number of anilines is 1. The van der Waals surface area contributed by atoms with Gasteiger partial charge in [0, 0.05) is 10.7 Å². The molecule has 0 atom stereocenters. The molecular weight excluding hydrogens is 468 g/mol. The molecule has 2 N–H and O–H groups in total. The molecule has 0 saturated carbocycles. The first kappa shape index (κ1) is 20.4. The molecule has 1 saturated heterocycles. The molecule has 1 fully saturated rings. The van der Waals surface area contributed by atoms with E-state index in [0.29, 0.717) is 20.7 Å². The Balaban J connectivity index is 1.72. The summed E-state index contributed by atoms with van der Waals surface area (Å²) in [7, 11) is 0. The maximum atomic E-state index is 12.5. The van der Waals surface area contributed by atoms with Crippen LogP contribution in [0.4, 0.5) is 10.5 Å². The molecule has 3 amide bonds. The minimum Gasteiger partial charge on any atom is -0.507 e. The summed E-state index contributed by atoms with van der Waals surface area (Å²) in [6, 6.07) is 9.78. The highest BCUT2D eigenvalue weighted by atomic mass is 79.9. The van der Waals surface area contributed by atoms with E-state index in [1.165, 1.54) is 12.1 Å². The summed E-state index contributed by atoms with van der Waals surface area (Å²) in [5.41, 5.74) is 1.97. The molecule has 144 valence electrons. The third-order valence-electron chi connectivity index (χ3n) is 3.92. The summed E-state index contributed by atoms with van der Waals surface area (Å²) in [5, 5.41) is 12.2. The Kier molecular flexibility index (Phi) is 6.12. The molecule has 0 aromatic heterocycles. The average Bonchev–Trinajstić information content (AvgIpc) is 2.89.